The van der Waals surface area contributed by atoms with Crippen molar-refractivity contribution < 1.29 is 19.5 Å². The molecule has 0 bridgehead atoms. The summed E-state index contributed by atoms with van der Waals surface area (Å²) in [6, 6.07) is 15.6. The van der Waals surface area contributed by atoms with Crippen molar-refractivity contribution in [2.45, 2.75) is 45.1 Å². The molecule has 2 N–H and O–H groups in total. The van der Waals surface area contributed by atoms with Crippen LogP contribution in [0.2, 0.25) is 0 Å². The lowest BCUT2D eigenvalue weighted by Crippen LogP contribution is -2.37. The van der Waals surface area contributed by atoms with E-state index in [0.717, 1.165) is 49.0 Å². The standard InChI is InChI=1S/C29H37N3O4/c1-31(15-11-22-9-13-30-14-10-22)28(35)23-7-8-24-20-32(16-12-21-5-3-2-4-6-21)29(36)26(19-27(33)34)18-25(24)17-23/h2-8,17,22,26,30H,9-16,18-20H2,1H3,(H,33,34)/t26-/m1/s1. The Bertz CT molecular complexity index is 1070. The molecule has 2 aliphatic heterocycles. The molecule has 1 fully saturated rings. The number of amides is 2. The Morgan fingerprint density at radius 1 is 1.08 bits per heavy atom. The summed E-state index contributed by atoms with van der Waals surface area (Å²) in [6.45, 7) is 3.77. The molecule has 7 nitrogen and oxygen atoms in total. The topological polar surface area (TPSA) is 90.0 Å². The van der Waals surface area contributed by atoms with Crippen molar-refractivity contribution in [1.29, 1.82) is 0 Å². The molecule has 2 amide bonds. The molecular formula is C29H37N3O4. The second-order valence-corrected chi connectivity index (χ2v) is 10.2. The molecule has 0 saturated carbocycles. The summed E-state index contributed by atoms with van der Waals surface area (Å²) >= 11 is 0. The van der Waals surface area contributed by atoms with E-state index in [4.69, 9.17) is 0 Å². The predicted octanol–water partition coefficient (Wildman–Crippen LogP) is 3.37. The Balaban J connectivity index is 1.48. The minimum absolute atomic E-state index is 0.0296. The van der Waals surface area contributed by atoms with E-state index in [0.29, 0.717) is 44.0 Å². The molecule has 0 radical (unpaired) electrons. The zero-order valence-electron chi connectivity index (χ0n) is 21.1. The molecule has 0 aromatic heterocycles. The van der Waals surface area contributed by atoms with Gasteiger partial charge in [0.05, 0.1) is 12.3 Å². The van der Waals surface area contributed by atoms with Crippen molar-refractivity contribution in [3.05, 3.63) is 70.8 Å². The third-order valence-corrected chi connectivity index (χ3v) is 7.55. The van der Waals surface area contributed by atoms with Crippen molar-refractivity contribution in [3.8, 4) is 0 Å². The van der Waals surface area contributed by atoms with E-state index in [1.807, 2.05) is 55.6 Å². The second-order valence-electron chi connectivity index (χ2n) is 10.2. The number of nitrogens with zero attached hydrogens (tertiary/aromatic N) is 2. The van der Waals surface area contributed by atoms with Gasteiger partial charge in [-0.15, -0.1) is 0 Å². The number of rotatable bonds is 9. The van der Waals surface area contributed by atoms with Crippen LogP contribution in [0, 0.1) is 11.8 Å². The summed E-state index contributed by atoms with van der Waals surface area (Å²) < 4.78 is 0. The van der Waals surface area contributed by atoms with Gasteiger partial charge in [0.1, 0.15) is 0 Å². The van der Waals surface area contributed by atoms with E-state index in [1.165, 1.54) is 0 Å². The molecule has 1 saturated heterocycles. The zero-order valence-corrected chi connectivity index (χ0v) is 21.1. The van der Waals surface area contributed by atoms with Gasteiger partial charge in [-0.05, 0) is 79.9 Å². The number of aliphatic carboxylic acids is 1. The highest BCUT2D eigenvalue weighted by Gasteiger charge is 2.31. The summed E-state index contributed by atoms with van der Waals surface area (Å²) in [7, 11) is 1.84. The van der Waals surface area contributed by atoms with Gasteiger partial charge < -0.3 is 20.2 Å². The monoisotopic (exact) mass is 491 g/mol. The van der Waals surface area contributed by atoms with Gasteiger partial charge in [-0.25, -0.2) is 0 Å². The zero-order chi connectivity index (χ0) is 25.5. The number of hydrogen-bond acceptors (Lipinski definition) is 4. The third-order valence-electron chi connectivity index (χ3n) is 7.55. The van der Waals surface area contributed by atoms with E-state index in [9.17, 15) is 19.5 Å². The van der Waals surface area contributed by atoms with Gasteiger partial charge in [-0.3, -0.25) is 14.4 Å². The highest BCUT2D eigenvalue weighted by Crippen LogP contribution is 2.27. The number of benzene rings is 2. The molecule has 2 heterocycles. The first-order chi connectivity index (χ1) is 17.4. The fourth-order valence-corrected chi connectivity index (χ4v) is 5.33. The quantitative estimate of drug-likeness (QED) is 0.561. The summed E-state index contributed by atoms with van der Waals surface area (Å²) in [5.41, 5.74) is 3.62. The minimum Gasteiger partial charge on any atom is -0.481 e. The van der Waals surface area contributed by atoms with Crippen LogP contribution in [0.1, 0.15) is 52.7 Å². The Kier molecular flexibility index (Phi) is 8.75. The van der Waals surface area contributed by atoms with Gasteiger partial charge in [-0.1, -0.05) is 36.4 Å². The van der Waals surface area contributed by atoms with Gasteiger partial charge in [0.2, 0.25) is 5.91 Å². The number of carboxylic acid groups (broad SMARTS) is 1. The SMILES string of the molecule is CN(CCC1CCNCC1)C(=O)c1ccc2c(c1)C[C@H](CC(=O)O)C(=O)N(CCc1ccccc1)C2. The molecule has 36 heavy (non-hydrogen) atoms. The van der Waals surface area contributed by atoms with Gasteiger partial charge in [-0.2, -0.15) is 0 Å². The Morgan fingerprint density at radius 3 is 2.56 bits per heavy atom. The molecule has 4 rings (SSSR count). The van der Waals surface area contributed by atoms with Crippen LogP contribution in [0.15, 0.2) is 48.5 Å². The number of carbonyl (C=O) groups excluding carboxylic acids is 2. The fourth-order valence-electron chi connectivity index (χ4n) is 5.33. The molecule has 2 aliphatic rings. The van der Waals surface area contributed by atoms with Crippen LogP contribution in [0.4, 0.5) is 0 Å². The minimum atomic E-state index is -0.982. The van der Waals surface area contributed by atoms with Crippen LogP contribution in [-0.4, -0.2) is 65.9 Å². The van der Waals surface area contributed by atoms with Crippen molar-refractivity contribution >= 4 is 17.8 Å². The number of nitrogens with one attached hydrogen (secondary N) is 1. The van der Waals surface area contributed by atoms with E-state index in [2.05, 4.69) is 5.32 Å². The van der Waals surface area contributed by atoms with Crippen LogP contribution in [0.3, 0.4) is 0 Å². The van der Waals surface area contributed by atoms with Crippen molar-refractivity contribution in [1.82, 2.24) is 15.1 Å². The normalized spacial score (nSPS) is 18.4. The lowest BCUT2D eigenvalue weighted by atomic mass is 9.92. The maximum atomic E-state index is 13.3. The van der Waals surface area contributed by atoms with Crippen LogP contribution in [0.25, 0.3) is 0 Å². The average Bonchev–Trinajstić information content (AvgIpc) is 3.02. The number of carboxylic acids is 1. The van der Waals surface area contributed by atoms with Crippen LogP contribution in [0.5, 0.6) is 0 Å². The molecule has 2 aromatic rings. The largest absolute Gasteiger partial charge is 0.481 e. The third kappa shape index (κ3) is 6.72. The van der Waals surface area contributed by atoms with Gasteiger partial charge in [0, 0.05) is 32.2 Å². The molecule has 0 aliphatic carbocycles. The number of piperidine rings is 1. The average molecular weight is 492 g/mol. The first kappa shape index (κ1) is 25.9. The lowest BCUT2D eigenvalue weighted by Gasteiger charge is -2.25. The van der Waals surface area contributed by atoms with Gasteiger partial charge >= 0.3 is 5.97 Å². The van der Waals surface area contributed by atoms with Crippen molar-refractivity contribution in [2.24, 2.45) is 11.8 Å². The Labute approximate surface area is 213 Å². The van der Waals surface area contributed by atoms with Gasteiger partial charge in [0.25, 0.3) is 5.91 Å². The fraction of sp³-hybridized carbons (Fsp3) is 0.483. The Morgan fingerprint density at radius 2 is 1.83 bits per heavy atom. The lowest BCUT2D eigenvalue weighted by molar-refractivity contribution is -0.144. The van der Waals surface area contributed by atoms with Gasteiger partial charge in [0.15, 0.2) is 0 Å². The van der Waals surface area contributed by atoms with Crippen molar-refractivity contribution in [3.63, 3.8) is 0 Å². The molecule has 0 unspecified atom stereocenters. The first-order valence-corrected chi connectivity index (χ1v) is 13.0. The summed E-state index contributed by atoms with van der Waals surface area (Å²) in [6.07, 6.45) is 4.14. The van der Waals surface area contributed by atoms with E-state index in [1.54, 1.807) is 9.80 Å². The second kappa shape index (κ2) is 12.2. The molecule has 1 atom stereocenters. The number of carbonyl (C=O) groups is 3. The highest BCUT2D eigenvalue weighted by atomic mass is 16.4. The highest BCUT2D eigenvalue weighted by molar-refractivity contribution is 5.94. The maximum absolute atomic E-state index is 13.3. The number of hydrogen-bond donors (Lipinski definition) is 2. The van der Waals surface area contributed by atoms with Crippen LogP contribution >= 0.6 is 0 Å². The summed E-state index contributed by atoms with van der Waals surface area (Å²) in [4.78, 5) is 41.6. The van der Waals surface area contributed by atoms with E-state index >= 15 is 0 Å². The smallest absolute Gasteiger partial charge is 0.304 e. The van der Waals surface area contributed by atoms with E-state index in [-0.39, 0.29) is 18.2 Å². The summed E-state index contributed by atoms with van der Waals surface area (Å²) in [5, 5.41) is 12.8. The first-order valence-electron chi connectivity index (χ1n) is 13.0. The molecular weight excluding hydrogens is 454 g/mol. The molecule has 192 valence electrons. The van der Waals surface area contributed by atoms with Crippen molar-refractivity contribution in [2.75, 3.05) is 33.2 Å². The number of fused-ring (bicyclic) bond motifs is 1. The van der Waals surface area contributed by atoms with Crippen LogP contribution < -0.4 is 5.32 Å². The van der Waals surface area contributed by atoms with E-state index < -0.39 is 11.9 Å². The molecule has 7 heteroatoms. The Hall–Kier alpha value is -3.19. The maximum Gasteiger partial charge on any atom is 0.304 e. The predicted molar refractivity (Wildman–Crippen MR) is 139 cm³/mol. The van der Waals surface area contributed by atoms with Crippen LogP contribution in [-0.2, 0) is 29.0 Å². The molecule has 0 spiro atoms. The molecule has 2 aromatic carbocycles. The summed E-state index contributed by atoms with van der Waals surface area (Å²) in [5.74, 6) is -1.13.